The second-order valence-electron chi connectivity index (χ2n) is 15.8. The molecule has 0 aliphatic rings. The Morgan fingerprint density at radius 2 is 0.677 bits per heavy atom. The van der Waals surface area contributed by atoms with Crippen LogP contribution in [0.25, 0.3) is 83.1 Å². The van der Waals surface area contributed by atoms with E-state index in [2.05, 4.69) is 264 Å². The minimum absolute atomic E-state index is 1.08. The molecular formula is C60H42N2. The van der Waals surface area contributed by atoms with Crippen molar-refractivity contribution in [2.45, 2.75) is 0 Å². The molecule has 0 aliphatic heterocycles. The third kappa shape index (κ3) is 6.94. The van der Waals surface area contributed by atoms with Crippen molar-refractivity contribution >= 4 is 38.9 Å². The summed E-state index contributed by atoms with van der Waals surface area (Å²) in [6.45, 7) is 0. The molecule has 1 aromatic heterocycles. The van der Waals surface area contributed by atoms with E-state index in [1.807, 2.05) is 0 Å². The van der Waals surface area contributed by atoms with Gasteiger partial charge in [-0.1, -0.05) is 188 Å². The zero-order chi connectivity index (χ0) is 41.2. The Morgan fingerprint density at radius 1 is 0.258 bits per heavy atom. The van der Waals surface area contributed by atoms with Crippen LogP contribution in [0.4, 0.5) is 17.1 Å². The fourth-order valence-corrected chi connectivity index (χ4v) is 8.96. The first-order valence-corrected chi connectivity index (χ1v) is 21.3. The zero-order valence-electron chi connectivity index (χ0n) is 34.1. The Labute approximate surface area is 362 Å². The molecule has 0 unspecified atom stereocenters. The summed E-state index contributed by atoms with van der Waals surface area (Å²) in [6.07, 6.45) is 0. The Kier molecular flexibility index (Phi) is 9.57. The topological polar surface area (TPSA) is 8.17 Å². The van der Waals surface area contributed by atoms with Crippen LogP contribution in [0, 0.1) is 0 Å². The van der Waals surface area contributed by atoms with Gasteiger partial charge < -0.3 is 9.47 Å². The molecule has 0 spiro atoms. The van der Waals surface area contributed by atoms with E-state index in [4.69, 9.17) is 0 Å². The van der Waals surface area contributed by atoms with Gasteiger partial charge in [0.05, 0.1) is 11.0 Å². The maximum Gasteiger partial charge on any atom is 0.0553 e. The molecule has 62 heavy (non-hydrogen) atoms. The molecule has 0 aliphatic carbocycles. The van der Waals surface area contributed by atoms with Gasteiger partial charge in [-0.15, -0.1) is 0 Å². The lowest BCUT2D eigenvalue weighted by molar-refractivity contribution is 1.18. The predicted molar refractivity (Wildman–Crippen MR) is 263 cm³/mol. The van der Waals surface area contributed by atoms with Crippen LogP contribution in [-0.2, 0) is 0 Å². The zero-order valence-corrected chi connectivity index (χ0v) is 34.1. The number of aromatic nitrogens is 1. The molecule has 0 saturated carbocycles. The van der Waals surface area contributed by atoms with Crippen molar-refractivity contribution in [2.24, 2.45) is 0 Å². The Morgan fingerprint density at radius 3 is 1.21 bits per heavy atom. The molecule has 0 N–H and O–H groups in total. The largest absolute Gasteiger partial charge is 0.310 e. The molecule has 11 rings (SSSR count). The summed E-state index contributed by atoms with van der Waals surface area (Å²) in [5.74, 6) is 0. The van der Waals surface area contributed by atoms with Crippen LogP contribution in [0.3, 0.4) is 0 Å². The van der Waals surface area contributed by atoms with Crippen LogP contribution in [0.2, 0.25) is 0 Å². The van der Waals surface area contributed by atoms with Crippen LogP contribution in [0.15, 0.2) is 255 Å². The third-order valence-electron chi connectivity index (χ3n) is 12.0. The van der Waals surface area contributed by atoms with Gasteiger partial charge in [0.1, 0.15) is 0 Å². The second kappa shape index (κ2) is 16.1. The van der Waals surface area contributed by atoms with Crippen molar-refractivity contribution in [3.63, 3.8) is 0 Å². The maximum absolute atomic E-state index is 2.45. The molecule has 292 valence electrons. The number of para-hydroxylation sites is 1. The second-order valence-corrected chi connectivity index (χ2v) is 15.8. The van der Waals surface area contributed by atoms with Crippen LogP contribution >= 0.6 is 0 Å². The minimum Gasteiger partial charge on any atom is -0.310 e. The summed E-state index contributed by atoms with van der Waals surface area (Å²) in [5, 5.41) is 2.44. The SMILES string of the molecule is c1ccc(-c2ccc(N(c3ccc(-c4ccccc4)cc3)c3cccc(-c4cc(-c5ccccc5)cc5c4c4ccc(-c6ccccc6)cc4n5-c4ccccc4)c3)cc2)cc1. The molecule has 0 amide bonds. The Balaban J connectivity index is 1.13. The molecule has 10 aromatic carbocycles. The molecule has 1 heterocycles. The number of hydrogen-bond acceptors (Lipinski definition) is 1. The van der Waals surface area contributed by atoms with E-state index in [0.29, 0.717) is 0 Å². The number of nitrogens with zero attached hydrogens (tertiary/aromatic N) is 2. The highest BCUT2D eigenvalue weighted by Gasteiger charge is 2.21. The molecule has 11 aromatic rings. The van der Waals surface area contributed by atoms with Gasteiger partial charge in [-0.25, -0.2) is 0 Å². The molecule has 2 nitrogen and oxygen atoms in total. The van der Waals surface area contributed by atoms with Crippen LogP contribution < -0.4 is 4.90 Å². The average Bonchev–Trinajstić information content (AvgIpc) is 3.69. The minimum atomic E-state index is 1.08. The first kappa shape index (κ1) is 36.8. The van der Waals surface area contributed by atoms with E-state index in [0.717, 1.165) is 28.3 Å². The highest BCUT2D eigenvalue weighted by atomic mass is 15.1. The summed E-state index contributed by atoms with van der Waals surface area (Å²) < 4.78 is 2.45. The van der Waals surface area contributed by atoms with E-state index in [1.165, 1.54) is 71.9 Å². The highest BCUT2D eigenvalue weighted by Crippen LogP contribution is 2.45. The quantitative estimate of drug-likeness (QED) is 0.141. The smallest absolute Gasteiger partial charge is 0.0553 e. The first-order chi connectivity index (χ1) is 30.7. The van der Waals surface area contributed by atoms with E-state index in [1.54, 1.807) is 0 Å². The monoisotopic (exact) mass is 790 g/mol. The van der Waals surface area contributed by atoms with Crippen molar-refractivity contribution in [3.05, 3.63) is 255 Å². The van der Waals surface area contributed by atoms with Crippen LogP contribution in [0.1, 0.15) is 0 Å². The summed E-state index contributed by atoms with van der Waals surface area (Å²) in [5.41, 5.74) is 18.6. The molecular weight excluding hydrogens is 749 g/mol. The van der Waals surface area contributed by atoms with Gasteiger partial charge in [-0.05, 0) is 122 Å². The third-order valence-corrected chi connectivity index (χ3v) is 12.0. The number of hydrogen-bond donors (Lipinski definition) is 0. The van der Waals surface area contributed by atoms with Gasteiger partial charge >= 0.3 is 0 Å². The van der Waals surface area contributed by atoms with Gasteiger partial charge in [-0.3, -0.25) is 0 Å². The summed E-state index contributed by atoms with van der Waals surface area (Å²) >= 11 is 0. The summed E-state index contributed by atoms with van der Waals surface area (Å²) in [7, 11) is 0. The van der Waals surface area contributed by atoms with Crippen molar-refractivity contribution in [1.29, 1.82) is 0 Å². The van der Waals surface area contributed by atoms with Gasteiger partial charge in [0.2, 0.25) is 0 Å². The molecule has 0 atom stereocenters. The summed E-state index contributed by atoms with van der Waals surface area (Å²) in [4.78, 5) is 2.38. The Hall–Kier alpha value is -8.20. The molecule has 0 fully saturated rings. The summed E-state index contributed by atoms with van der Waals surface area (Å²) in [6, 6.07) is 92.1. The van der Waals surface area contributed by atoms with Crippen LogP contribution in [0.5, 0.6) is 0 Å². The maximum atomic E-state index is 2.45. The number of anilines is 3. The molecule has 0 radical (unpaired) electrons. The fourth-order valence-electron chi connectivity index (χ4n) is 8.96. The lowest BCUT2D eigenvalue weighted by Gasteiger charge is -2.26. The predicted octanol–water partition coefficient (Wildman–Crippen LogP) is 16.6. The lowest BCUT2D eigenvalue weighted by atomic mass is 9.93. The van der Waals surface area contributed by atoms with Crippen molar-refractivity contribution in [1.82, 2.24) is 4.57 Å². The van der Waals surface area contributed by atoms with Crippen LogP contribution in [-0.4, -0.2) is 4.57 Å². The van der Waals surface area contributed by atoms with E-state index >= 15 is 0 Å². The number of benzene rings is 10. The van der Waals surface area contributed by atoms with Crippen molar-refractivity contribution in [3.8, 4) is 61.3 Å². The van der Waals surface area contributed by atoms with Crippen molar-refractivity contribution < 1.29 is 0 Å². The molecule has 0 bridgehead atoms. The van der Waals surface area contributed by atoms with Crippen molar-refractivity contribution in [2.75, 3.05) is 4.90 Å². The number of fused-ring (bicyclic) bond motifs is 3. The highest BCUT2D eigenvalue weighted by molar-refractivity contribution is 6.17. The molecule has 2 heteroatoms. The van der Waals surface area contributed by atoms with E-state index < -0.39 is 0 Å². The van der Waals surface area contributed by atoms with Gasteiger partial charge in [0.15, 0.2) is 0 Å². The van der Waals surface area contributed by atoms with E-state index in [9.17, 15) is 0 Å². The standard InChI is InChI=1S/C60H42N2/c1-6-17-43(18-7-1)47-29-34-53(35-30-47)61(54-36-31-48(32-37-54)44-19-8-2-9-20-44)55-28-16-25-50(39-55)57-40-51(46-23-12-4-13-24-46)42-59-60(57)56-38-33-49(45-21-10-3-11-22-45)41-58(56)62(59)52-26-14-5-15-27-52/h1-42H. The normalized spacial score (nSPS) is 11.2. The number of rotatable bonds is 9. The van der Waals surface area contributed by atoms with E-state index in [-0.39, 0.29) is 0 Å². The Bertz CT molecular complexity index is 3200. The average molecular weight is 791 g/mol. The van der Waals surface area contributed by atoms with Gasteiger partial charge in [0, 0.05) is 33.5 Å². The fraction of sp³-hybridized carbons (Fsp3) is 0. The van der Waals surface area contributed by atoms with Gasteiger partial charge in [-0.2, -0.15) is 0 Å². The molecule has 0 saturated heterocycles. The lowest BCUT2D eigenvalue weighted by Crippen LogP contribution is -2.10. The van der Waals surface area contributed by atoms with Gasteiger partial charge in [0.25, 0.3) is 0 Å². The first-order valence-electron chi connectivity index (χ1n) is 21.3.